The SMILES string of the molecule is CCN(C/C(N)=N/O)C(=O)c1cccc(C)c1Cl. The van der Waals surface area contributed by atoms with Crippen molar-refractivity contribution in [2.75, 3.05) is 13.1 Å². The third kappa shape index (κ3) is 3.13. The van der Waals surface area contributed by atoms with Crippen LogP contribution in [0.1, 0.15) is 22.8 Å². The van der Waals surface area contributed by atoms with Crippen LogP contribution in [0.15, 0.2) is 23.4 Å². The quantitative estimate of drug-likeness (QED) is 0.379. The second kappa shape index (κ2) is 6.26. The molecule has 0 aliphatic rings. The van der Waals surface area contributed by atoms with Crippen LogP contribution in [0.2, 0.25) is 5.02 Å². The Balaban J connectivity index is 3.00. The summed E-state index contributed by atoms with van der Waals surface area (Å²) < 4.78 is 0. The minimum Gasteiger partial charge on any atom is -0.409 e. The molecule has 1 aromatic rings. The Labute approximate surface area is 111 Å². The van der Waals surface area contributed by atoms with Crippen LogP contribution in [0.5, 0.6) is 0 Å². The number of aryl methyl sites for hydroxylation is 1. The van der Waals surface area contributed by atoms with Crippen molar-refractivity contribution in [2.24, 2.45) is 10.9 Å². The van der Waals surface area contributed by atoms with Crippen LogP contribution in [-0.4, -0.2) is 34.9 Å². The van der Waals surface area contributed by atoms with Gasteiger partial charge in [0.05, 0.1) is 17.1 Å². The lowest BCUT2D eigenvalue weighted by Gasteiger charge is -2.20. The lowest BCUT2D eigenvalue weighted by atomic mass is 10.1. The van der Waals surface area contributed by atoms with Crippen molar-refractivity contribution in [3.63, 3.8) is 0 Å². The highest BCUT2D eigenvalue weighted by Crippen LogP contribution is 2.21. The Morgan fingerprint density at radius 1 is 1.56 bits per heavy atom. The molecule has 0 aromatic heterocycles. The summed E-state index contributed by atoms with van der Waals surface area (Å²) in [7, 11) is 0. The number of nitrogens with zero attached hydrogens (tertiary/aromatic N) is 2. The monoisotopic (exact) mass is 269 g/mol. The number of carbonyl (C=O) groups is 1. The topological polar surface area (TPSA) is 78.9 Å². The summed E-state index contributed by atoms with van der Waals surface area (Å²) in [6, 6.07) is 5.26. The predicted molar refractivity (Wildman–Crippen MR) is 71.2 cm³/mol. The van der Waals surface area contributed by atoms with E-state index >= 15 is 0 Å². The minimum atomic E-state index is -0.238. The van der Waals surface area contributed by atoms with Gasteiger partial charge in [0.25, 0.3) is 5.91 Å². The Bertz CT molecular complexity index is 474. The van der Waals surface area contributed by atoms with E-state index in [1.165, 1.54) is 4.90 Å². The summed E-state index contributed by atoms with van der Waals surface area (Å²) in [6.45, 7) is 4.15. The average molecular weight is 270 g/mol. The zero-order valence-corrected chi connectivity index (χ0v) is 11.1. The van der Waals surface area contributed by atoms with Gasteiger partial charge in [0.15, 0.2) is 5.84 Å². The van der Waals surface area contributed by atoms with Gasteiger partial charge >= 0.3 is 0 Å². The smallest absolute Gasteiger partial charge is 0.255 e. The molecule has 0 aliphatic heterocycles. The van der Waals surface area contributed by atoms with Gasteiger partial charge < -0.3 is 15.8 Å². The first-order valence-corrected chi connectivity index (χ1v) is 5.89. The molecule has 1 rings (SSSR count). The molecular formula is C12H16ClN3O2. The first kappa shape index (κ1) is 14.3. The molecule has 5 nitrogen and oxygen atoms in total. The largest absolute Gasteiger partial charge is 0.409 e. The van der Waals surface area contributed by atoms with Gasteiger partial charge in [-0.05, 0) is 25.5 Å². The number of halogens is 1. The Kier molecular flexibility index (Phi) is 4.97. The average Bonchev–Trinajstić information content (AvgIpc) is 2.38. The molecule has 0 unspecified atom stereocenters. The van der Waals surface area contributed by atoms with Crippen molar-refractivity contribution in [1.82, 2.24) is 4.90 Å². The van der Waals surface area contributed by atoms with Crippen molar-refractivity contribution in [1.29, 1.82) is 0 Å². The number of hydrogen-bond donors (Lipinski definition) is 2. The van der Waals surface area contributed by atoms with E-state index in [1.807, 2.05) is 19.9 Å². The molecule has 0 radical (unpaired) electrons. The lowest BCUT2D eigenvalue weighted by molar-refractivity contribution is 0.0786. The highest BCUT2D eigenvalue weighted by atomic mass is 35.5. The molecule has 1 aromatic carbocycles. The molecule has 0 saturated heterocycles. The van der Waals surface area contributed by atoms with Crippen LogP contribution in [0.3, 0.4) is 0 Å². The summed E-state index contributed by atoms with van der Waals surface area (Å²) >= 11 is 6.10. The van der Waals surface area contributed by atoms with Crippen molar-refractivity contribution in [2.45, 2.75) is 13.8 Å². The third-order valence-corrected chi connectivity index (χ3v) is 3.07. The Morgan fingerprint density at radius 3 is 2.78 bits per heavy atom. The van der Waals surface area contributed by atoms with Gasteiger partial charge in [-0.15, -0.1) is 0 Å². The van der Waals surface area contributed by atoms with Crippen LogP contribution < -0.4 is 5.73 Å². The summed E-state index contributed by atoms with van der Waals surface area (Å²) in [4.78, 5) is 13.7. The van der Waals surface area contributed by atoms with Gasteiger partial charge in [-0.3, -0.25) is 4.79 Å². The molecule has 3 N–H and O–H groups in total. The van der Waals surface area contributed by atoms with Gasteiger partial charge in [-0.2, -0.15) is 0 Å². The molecule has 0 heterocycles. The number of amides is 1. The highest BCUT2D eigenvalue weighted by Gasteiger charge is 2.18. The Morgan fingerprint density at radius 2 is 2.22 bits per heavy atom. The van der Waals surface area contributed by atoms with E-state index in [9.17, 15) is 4.79 Å². The number of nitrogens with two attached hydrogens (primary N) is 1. The second-order valence-corrected chi connectivity index (χ2v) is 4.23. The number of carbonyl (C=O) groups excluding carboxylic acids is 1. The van der Waals surface area contributed by atoms with Crippen LogP contribution in [0.25, 0.3) is 0 Å². The zero-order valence-electron chi connectivity index (χ0n) is 10.4. The summed E-state index contributed by atoms with van der Waals surface area (Å²) in [5, 5.41) is 11.8. The van der Waals surface area contributed by atoms with E-state index in [0.717, 1.165) is 5.56 Å². The highest BCUT2D eigenvalue weighted by molar-refractivity contribution is 6.34. The van der Waals surface area contributed by atoms with Gasteiger partial charge in [0, 0.05) is 6.54 Å². The number of benzene rings is 1. The van der Waals surface area contributed by atoms with Crippen molar-refractivity contribution < 1.29 is 10.0 Å². The van der Waals surface area contributed by atoms with Gasteiger partial charge in [0.1, 0.15) is 0 Å². The van der Waals surface area contributed by atoms with Crippen molar-refractivity contribution in [3.05, 3.63) is 34.3 Å². The molecule has 6 heteroatoms. The van der Waals surface area contributed by atoms with E-state index in [2.05, 4.69) is 5.16 Å². The van der Waals surface area contributed by atoms with Crippen LogP contribution >= 0.6 is 11.6 Å². The fourth-order valence-corrected chi connectivity index (χ4v) is 1.74. The maximum Gasteiger partial charge on any atom is 0.255 e. The maximum absolute atomic E-state index is 12.2. The van der Waals surface area contributed by atoms with E-state index in [0.29, 0.717) is 17.1 Å². The maximum atomic E-state index is 12.2. The molecule has 18 heavy (non-hydrogen) atoms. The molecule has 0 aliphatic carbocycles. The van der Waals surface area contributed by atoms with Crippen LogP contribution in [0.4, 0.5) is 0 Å². The number of likely N-dealkylation sites (N-methyl/N-ethyl adjacent to an activating group) is 1. The standard InChI is InChI=1S/C12H16ClN3O2/c1-3-16(7-10(14)15-18)12(17)9-6-4-5-8(2)11(9)13/h4-6,18H,3,7H2,1-2H3,(H2,14,15). The molecule has 0 saturated carbocycles. The summed E-state index contributed by atoms with van der Waals surface area (Å²) in [5.41, 5.74) is 6.66. The van der Waals surface area contributed by atoms with Gasteiger partial charge in [0.2, 0.25) is 0 Å². The van der Waals surface area contributed by atoms with E-state index in [4.69, 9.17) is 22.5 Å². The Hall–Kier alpha value is -1.75. The first-order valence-electron chi connectivity index (χ1n) is 5.52. The van der Waals surface area contributed by atoms with E-state index < -0.39 is 0 Å². The normalized spacial score (nSPS) is 11.4. The molecule has 1 amide bonds. The molecular weight excluding hydrogens is 254 g/mol. The second-order valence-electron chi connectivity index (χ2n) is 3.85. The van der Waals surface area contributed by atoms with Crippen molar-refractivity contribution in [3.8, 4) is 0 Å². The lowest BCUT2D eigenvalue weighted by Crippen LogP contribution is -2.38. The van der Waals surface area contributed by atoms with E-state index in [-0.39, 0.29) is 18.3 Å². The summed E-state index contributed by atoms with van der Waals surface area (Å²) in [6.07, 6.45) is 0. The van der Waals surface area contributed by atoms with E-state index in [1.54, 1.807) is 12.1 Å². The number of hydrogen-bond acceptors (Lipinski definition) is 3. The summed E-state index contributed by atoms with van der Waals surface area (Å²) in [5.74, 6) is -0.258. The molecule has 0 fully saturated rings. The zero-order chi connectivity index (χ0) is 13.7. The predicted octanol–water partition coefficient (Wildman–Crippen LogP) is 1.86. The molecule has 98 valence electrons. The van der Waals surface area contributed by atoms with Gasteiger partial charge in [-0.25, -0.2) is 0 Å². The van der Waals surface area contributed by atoms with Crippen molar-refractivity contribution >= 4 is 23.3 Å². The third-order valence-electron chi connectivity index (χ3n) is 2.57. The molecule has 0 bridgehead atoms. The molecule has 0 atom stereocenters. The minimum absolute atomic E-state index is 0.0195. The fourth-order valence-electron chi connectivity index (χ4n) is 1.54. The fraction of sp³-hybridized carbons (Fsp3) is 0.333. The number of rotatable bonds is 4. The van der Waals surface area contributed by atoms with Crippen LogP contribution in [-0.2, 0) is 0 Å². The van der Waals surface area contributed by atoms with Crippen LogP contribution in [0, 0.1) is 6.92 Å². The number of oxime groups is 1. The van der Waals surface area contributed by atoms with Gasteiger partial charge in [-0.1, -0.05) is 28.9 Å². The first-order chi connectivity index (χ1) is 8.51. The number of amidine groups is 1. The molecule has 0 spiro atoms.